The Bertz CT molecular complexity index is 774. The van der Waals surface area contributed by atoms with Crippen molar-refractivity contribution >= 4 is 11.6 Å². The molecule has 0 fully saturated rings. The normalized spacial score (nSPS) is 11.5. The van der Waals surface area contributed by atoms with Crippen molar-refractivity contribution in [1.82, 2.24) is 9.78 Å². The zero-order valence-corrected chi connectivity index (χ0v) is 12.9. The second-order valence-corrected chi connectivity index (χ2v) is 4.73. The fraction of sp³-hybridized carbons (Fsp3) is 0.286. The number of amides is 1. The predicted octanol–water partition coefficient (Wildman–Crippen LogP) is 3.30. The number of aromatic nitrogens is 2. The van der Waals surface area contributed by atoms with Crippen LogP contribution >= 0.6 is 0 Å². The molecule has 0 bridgehead atoms. The Kier molecular flexibility index (Phi) is 5.14. The van der Waals surface area contributed by atoms with Gasteiger partial charge in [-0.15, -0.1) is 0 Å². The zero-order chi connectivity index (χ0) is 18.8. The predicted molar refractivity (Wildman–Crippen MR) is 75.8 cm³/mol. The van der Waals surface area contributed by atoms with Crippen molar-refractivity contribution < 1.29 is 36.2 Å². The summed E-state index contributed by atoms with van der Waals surface area (Å²) in [5.41, 5.74) is -1.44. The van der Waals surface area contributed by atoms with Crippen LogP contribution < -0.4 is 14.8 Å². The molecule has 0 radical (unpaired) electrons. The lowest BCUT2D eigenvalue weighted by atomic mass is 10.2. The van der Waals surface area contributed by atoms with Crippen molar-refractivity contribution in [3.63, 3.8) is 0 Å². The van der Waals surface area contributed by atoms with Crippen molar-refractivity contribution in [3.8, 4) is 11.5 Å². The summed E-state index contributed by atoms with van der Waals surface area (Å²) >= 11 is 0. The summed E-state index contributed by atoms with van der Waals surface area (Å²) in [5, 5.41) is 5.80. The van der Waals surface area contributed by atoms with Crippen LogP contribution in [0.25, 0.3) is 0 Å². The number of halogens is 5. The molecule has 1 N–H and O–H groups in total. The fourth-order valence-electron chi connectivity index (χ4n) is 1.98. The highest BCUT2D eigenvalue weighted by Crippen LogP contribution is 2.32. The van der Waals surface area contributed by atoms with E-state index in [1.807, 2.05) is 0 Å². The Morgan fingerprint density at radius 2 is 1.92 bits per heavy atom. The molecule has 0 saturated carbocycles. The van der Waals surface area contributed by atoms with Gasteiger partial charge in [0.15, 0.2) is 17.2 Å². The van der Waals surface area contributed by atoms with Crippen molar-refractivity contribution in [2.45, 2.75) is 12.8 Å². The van der Waals surface area contributed by atoms with E-state index in [1.54, 1.807) is 0 Å². The maximum absolute atomic E-state index is 12.7. The standard InChI is InChI=1S/C14H12F5N3O3/c1-22-11(14(17,18)19)6-8(21-22)12(23)20-7-3-4-9(25-13(15)16)10(5-7)24-2/h3-6,13H,1-2H3,(H,20,23). The number of hydrogen-bond donors (Lipinski definition) is 1. The van der Waals surface area contributed by atoms with E-state index in [9.17, 15) is 26.7 Å². The topological polar surface area (TPSA) is 65.4 Å². The van der Waals surface area contributed by atoms with E-state index >= 15 is 0 Å². The van der Waals surface area contributed by atoms with Gasteiger partial charge in [0, 0.05) is 24.9 Å². The maximum atomic E-state index is 12.7. The molecule has 0 atom stereocenters. The number of carbonyl (C=O) groups excluding carboxylic acids is 1. The third kappa shape index (κ3) is 4.37. The van der Waals surface area contributed by atoms with Crippen LogP contribution in [-0.4, -0.2) is 29.4 Å². The Hall–Kier alpha value is -2.85. The Morgan fingerprint density at radius 1 is 1.24 bits per heavy atom. The molecule has 0 aliphatic heterocycles. The molecule has 0 aliphatic carbocycles. The number of aryl methyl sites for hydroxylation is 1. The van der Waals surface area contributed by atoms with Gasteiger partial charge >= 0.3 is 12.8 Å². The zero-order valence-electron chi connectivity index (χ0n) is 12.9. The molecule has 11 heteroatoms. The first kappa shape index (κ1) is 18.5. The second-order valence-electron chi connectivity index (χ2n) is 4.73. The smallest absolute Gasteiger partial charge is 0.433 e. The minimum atomic E-state index is -4.66. The first-order chi connectivity index (χ1) is 11.6. The van der Waals surface area contributed by atoms with Crippen LogP contribution in [0.1, 0.15) is 16.2 Å². The van der Waals surface area contributed by atoms with Gasteiger partial charge in [-0.05, 0) is 12.1 Å². The van der Waals surface area contributed by atoms with E-state index in [0.29, 0.717) is 10.7 Å². The molecule has 0 saturated heterocycles. The van der Waals surface area contributed by atoms with E-state index in [0.717, 1.165) is 13.1 Å². The fourth-order valence-corrected chi connectivity index (χ4v) is 1.98. The molecule has 1 amide bonds. The van der Waals surface area contributed by atoms with Gasteiger partial charge in [0.1, 0.15) is 5.69 Å². The SMILES string of the molecule is COc1cc(NC(=O)c2cc(C(F)(F)F)n(C)n2)ccc1OC(F)F. The van der Waals surface area contributed by atoms with Gasteiger partial charge < -0.3 is 14.8 Å². The number of nitrogens with zero attached hydrogens (tertiary/aromatic N) is 2. The largest absolute Gasteiger partial charge is 0.493 e. The number of alkyl halides is 5. The van der Waals surface area contributed by atoms with E-state index in [4.69, 9.17) is 4.74 Å². The van der Waals surface area contributed by atoms with Gasteiger partial charge in [-0.25, -0.2) is 0 Å². The van der Waals surface area contributed by atoms with E-state index in [1.165, 1.54) is 19.2 Å². The number of rotatable bonds is 5. The summed E-state index contributed by atoms with van der Waals surface area (Å²) in [5.74, 6) is -1.25. The van der Waals surface area contributed by atoms with Gasteiger partial charge in [0.05, 0.1) is 7.11 Å². The minimum absolute atomic E-state index is 0.0879. The quantitative estimate of drug-likeness (QED) is 0.826. The first-order valence-corrected chi connectivity index (χ1v) is 6.67. The minimum Gasteiger partial charge on any atom is -0.493 e. The molecule has 0 unspecified atom stereocenters. The summed E-state index contributed by atoms with van der Waals surface area (Å²) < 4.78 is 72.3. The molecule has 2 rings (SSSR count). The molecular formula is C14H12F5N3O3. The molecule has 6 nitrogen and oxygen atoms in total. The Labute approximate surface area is 138 Å². The monoisotopic (exact) mass is 365 g/mol. The molecule has 1 aromatic carbocycles. The third-order valence-electron chi connectivity index (χ3n) is 3.04. The van der Waals surface area contributed by atoms with Crippen molar-refractivity contribution in [3.05, 3.63) is 35.7 Å². The van der Waals surface area contributed by atoms with E-state index in [-0.39, 0.29) is 17.2 Å². The van der Waals surface area contributed by atoms with Crippen LogP contribution in [0, 0.1) is 0 Å². The van der Waals surface area contributed by atoms with Gasteiger partial charge in [0.25, 0.3) is 5.91 Å². The lowest BCUT2D eigenvalue weighted by molar-refractivity contribution is -0.143. The third-order valence-corrected chi connectivity index (χ3v) is 3.04. The summed E-state index contributed by atoms with van der Waals surface area (Å²) in [6.45, 7) is -3.07. The molecular weight excluding hydrogens is 353 g/mol. The highest BCUT2D eigenvalue weighted by atomic mass is 19.4. The second kappa shape index (κ2) is 6.95. The number of ether oxygens (including phenoxy) is 2. The maximum Gasteiger partial charge on any atom is 0.433 e. The summed E-state index contributed by atoms with van der Waals surface area (Å²) in [6, 6.07) is 4.13. The number of methoxy groups -OCH3 is 1. The highest BCUT2D eigenvalue weighted by Gasteiger charge is 2.35. The van der Waals surface area contributed by atoms with Crippen molar-refractivity contribution in [1.29, 1.82) is 0 Å². The van der Waals surface area contributed by atoms with Crippen LogP contribution in [0.3, 0.4) is 0 Å². The van der Waals surface area contributed by atoms with Crippen LogP contribution in [0.15, 0.2) is 24.3 Å². The Morgan fingerprint density at radius 3 is 2.44 bits per heavy atom. The average Bonchev–Trinajstić information content (AvgIpc) is 2.90. The number of nitrogens with one attached hydrogen (secondary N) is 1. The molecule has 2 aromatic rings. The van der Waals surface area contributed by atoms with Crippen molar-refractivity contribution in [2.24, 2.45) is 7.05 Å². The van der Waals surface area contributed by atoms with Gasteiger partial charge in [-0.3, -0.25) is 9.48 Å². The van der Waals surface area contributed by atoms with Crippen molar-refractivity contribution in [2.75, 3.05) is 12.4 Å². The highest BCUT2D eigenvalue weighted by molar-refractivity contribution is 6.03. The van der Waals surface area contributed by atoms with Crippen LogP contribution in [-0.2, 0) is 13.2 Å². The summed E-state index contributed by atoms with van der Waals surface area (Å²) in [7, 11) is 2.26. The average molecular weight is 365 g/mol. The lowest BCUT2D eigenvalue weighted by Crippen LogP contribution is -2.13. The van der Waals surface area contributed by atoms with Crippen LogP contribution in [0.5, 0.6) is 11.5 Å². The van der Waals surface area contributed by atoms with E-state index < -0.39 is 30.1 Å². The summed E-state index contributed by atoms with van der Waals surface area (Å²) in [6.07, 6.45) is -4.66. The molecule has 1 heterocycles. The van der Waals surface area contributed by atoms with E-state index in [2.05, 4.69) is 15.2 Å². The molecule has 0 aliphatic rings. The number of anilines is 1. The van der Waals surface area contributed by atoms with Gasteiger partial charge in [-0.2, -0.15) is 27.1 Å². The van der Waals surface area contributed by atoms with Crippen LogP contribution in [0.2, 0.25) is 0 Å². The number of carbonyl (C=O) groups is 1. The molecule has 136 valence electrons. The number of hydrogen-bond acceptors (Lipinski definition) is 4. The van der Waals surface area contributed by atoms with Gasteiger partial charge in [0.2, 0.25) is 0 Å². The molecule has 25 heavy (non-hydrogen) atoms. The van der Waals surface area contributed by atoms with Gasteiger partial charge in [-0.1, -0.05) is 0 Å². The Balaban J connectivity index is 2.21. The molecule has 0 spiro atoms. The lowest BCUT2D eigenvalue weighted by Gasteiger charge is -2.11. The first-order valence-electron chi connectivity index (χ1n) is 6.67. The van der Waals surface area contributed by atoms with Crippen LogP contribution in [0.4, 0.5) is 27.6 Å². The molecule has 1 aromatic heterocycles. The summed E-state index contributed by atoms with van der Waals surface area (Å²) in [4.78, 5) is 12.0. The number of benzene rings is 1.